The molecule has 0 bridgehead atoms. The SMILES string of the molecule is CCn1c(=O)n(CC)c2cc(S(=O)(=O)N3CCN(c4ccc(OC)cc4)CC3)ccc21. The first-order chi connectivity index (χ1) is 14.9. The third-order valence-electron chi connectivity index (χ3n) is 5.94. The van der Waals surface area contributed by atoms with Crippen molar-refractivity contribution >= 4 is 26.7 Å². The normalized spacial score (nSPS) is 15.5. The average molecular weight is 445 g/mol. The largest absolute Gasteiger partial charge is 0.497 e. The van der Waals surface area contributed by atoms with E-state index in [9.17, 15) is 13.2 Å². The van der Waals surface area contributed by atoms with Gasteiger partial charge >= 0.3 is 5.69 Å². The average Bonchev–Trinajstić information content (AvgIpc) is 3.08. The van der Waals surface area contributed by atoms with Crippen LogP contribution in [0.1, 0.15) is 13.8 Å². The first-order valence-electron chi connectivity index (χ1n) is 10.5. The summed E-state index contributed by atoms with van der Waals surface area (Å²) in [6, 6.07) is 12.8. The number of ether oxygens (including phenoxy) is 1. The van der Waals surface area contributed by atoms with E-state index in [0.29, 0.717) is 44.8 Å². The van der Waals surface area contributed by atoms with Crippen LogP contribution >= 0.6 is 0 Å². The molecule has 0 aliphatic carbocycles. The number of hydrogen-bond donors (Lipinski definition) is 0. The third kappa shape index (κ3) is 3.72. The molecule has 0 amide bonds. The second-order valence-corrected chi connectivity index (χ2v) is 9.45. The molecular formula is C22H28N4O4S. The molecule has 1 aliphatic heterocycles. The van der Waals surface area contributed by atoms with Crippen molar-refractivity contribution in [2.75, 3.05) is 38.2 Å². The minimum atomic E-state index is -3.64. The maximum absolute atomic E-state index is 13.3. The summed E-state index contributed by atoms with van der Waals surface area (Å²) in [5, 5.41) is 0. The highest BCUT2D eigenvalue weighted by Crippen LogP contribution is 2.25. The predicted octanol–water partition coefficient (Wildman–Crippen LogP) is 2.36. The van der Waals surface area contributed by atoms with Gasteiger partial charge in [0.05, 0.1) is 23.0 Å². The number of hydrogen-bond acceptors (Lipinski definition) is 5. The molecule has 31 heavy (non-hydrogen) atoms. The van der Waals surface area contributed by atoms with Crippen LogP contribution in [0.15, 0.2) is 52.2 Å². The number of fused-ring (bicyclic) bond motifs is 1. The number of benzene rings is 2. The van der Waals surface area contributed by atoms with Crippen LogP contribution in [0.5, 0.6) is 5.75 Å². The van der Waals surface area contributed by atoms with Crippen LogP contribution in [-0.2, 0) is 23.1 Å². The molecule has 8 nitrogen and oxygen atoms in total. The van der Waals surface area contributed by atoms with Gasteiger partial charge in [-0.05, 0) is 56.3 Å². The lowest BCUT2D eigenvalue weighted by molar-refractivity contribution is 0.384. The summed E-state index contributed by atoms with van der Waals surface area (Å²) in [6.45, 7) is 6.87. The molecule has 1 aliphatic rings. The smallest absolute Gasteiger partial charge is 0.329 e. The summed E-state index contributed by atoms with van der Waals surface area (Å²) < 4.78 is 36.7. The van der Waals surface area contributed by atoms with Crippen LogP contribution in [0.25, 0.3) is 11.0 Å². The number of aryl methyl sites for hydroxylation is 2. The molecule has 2 heterocycles. The van der Waals surface area contributed by atoms with E-state index >= 15 is 0 Å². The number of imidazole rings is 1. The van der Waals surface area contributed by atoms with Crippen LogP contribution in [-0.4, -0.2) is 55.1 Å². The first kappa shape index (κ1) is 21.5. The molecule has 0 radical (unpaired) electrons. The van der Waals surface area contributed by atoms with Gasteiger partial charge in [-0.25, -0.2) is 13.2 Å². The fourth-order valence-corrected chi connectivity index (χ4v) is 5.64. The Morgan fingerprint density at radius 3 is 2.06 bits per heavy atom. The molecule has 0 atom stereocenters. The van der Waals surface area contributed by atoms with Crippen LogP contribution < -0.4 is 15.3 Å². The predicted molar refractivity (Wildman–Crippen MR) is 122 cm³/mol. The minimum Gasteiger partial charge on any atom is -0.497 e. The van der Waals surface area contributed by atoms with Gasteiger partial charge in [0, 0.05) is 45.0 Å². The molecule has 3 aromatic rings. The zero-order valence-corrected chi connectivity index (χ0v) is 18.9. The molecule has 1 fully saturated rings. The fraction of sp³-hybridized carbons (Fsp3) is 0.409. The number of aromatic nitrogens is 2. The van der Waals surface area contributed by atoms with Crippen molar-refractivity contribution < 1.29 is 13.2 Å². The van der Waals surface area contributed by atoms with Gasteiger partial charge in [-0.15, -0.1) is 0 Å². The van der Waals surface area contributed by atoms with Crippen LogP contribution in [0.4, 0.5) is 5.69 Å². The lowest BCUT2D eigenvalue weighted by atomic mass is 10.2. The van der Waals surface area contributed by atoms with Crippen LogP contribution in [0.2, 0.25) is 0 Å². The van der Waals surface area contributed by atoms with Crippen molar-refractivity contribution in [3.8, 4) is 5.75 Å². The Bertz CT molecular complexity index is 1240. The summed E-state index contributed by atoms with van der Waals surface area (Å²) in [4.78, 5) is 15.0. The molecule has 0 saturated carbocycles. The number of anilines is 1. The van der Waals surface area contributed by atoms with Gasteiger partial charge in [-0.2, -0.15) is 4.31 Å². The number of rotatable bonds is 6. The zero-order valence-electron chi connectivity index (χ0n) is 18.1. The van der Waals surface area contributed by atoms with Crippen LogP contribution in [0.3, 0.4) is 0 Å². The van der Waals surface area contributed by atoms with Crippen molar-refractivity contribution in [3.05, 3.63) is 52.9 Å². The Morgan fingerprint density at radius 2 is 1.48 bits per heavy atom. The molecule has 4 rings (SSSR count). The van der Waals surface area contributed by atoms with E-state index < -0.39 is 10.0 Å². The monoisotopic (exact) mass is 444 g/mol. The molecule has 0 spiro atoms. The van der Waals surface area contributed by atoms with E-state index in [4.69, 9.17) is 4.74 Å². The van der Waals surface area contributed by atoms with Gasteiger partial charge in [0.15, 0.2) is 0 Å². The number of nitrogens with zero attached hydrogens (tertiary/aromatic N) is 4. The van der Waals surface area contributed by atoms with Crippen molar-refractivity contribution in [2.24, 2.45) is 0 Å². The van der Waals surface area contributed by atoms with E-state index in [-0.39, 0.29) is 10.6 Å². The third-order valence-corrected chi connectivity index (χ3v) is 7.83. The highest BCUT2D eigenvalue weighted by molar-refractivity contribution is 7.89. The Hall–Kier alpha value is -2.78. The standard InChI is InChI=1S/C22H28N4O4S/c1-4-25-20-11-10-19(16-21(20)26(5-2)22(25)27)31(28,29)24-14-12-23(13-15-24)17-6-8-18(30-3)9-7-17/h6-11,16H,4-5,12-15H2,1-3H3. The maximum Gasteiger partial charge on any atom is 0.329 e. The van der Waals surface area contributed by atoms with Gasteiger partial charge < -0.3 is 9.64 Å². The summed E-state index contributed by atoms with van der Waals surface area (Å²) in [5.74, 6) is 0.794. The minimum absolute atomic E-state index is 0.109. The number of piperazine rings is 1. The highest BCUT2D eigenvalue weighted by atomic mass is 32.2. The Labute approximate surface area is 182 Å². The van der Waals surface area contributed by atoms with Crippen molar-refractivity contribution in [1.82, 2.24) is 13.4 Å². The summed E-state index contributed by atoms with van der Waals surface area (Å²) >= 11 is 0. The molecular weight excluding hydrogens is 416 g/mol. The highest BCUT2D eigenvalue weighted by Gasteiger charge is 2.29. The molecule has 9 heteroatoms. The van der Waals surface area contributed by atoms with E-state index in [1.54, 1.807) is 34.4 Å². The molecule has 2 aromatic carbocycles. The topological polar surface area (TPSA) is 76.8 Å². The van der Waals surface area contributed by atoms with E-state index in [2.05, 4.69) is 4.90 Å². The van der Waals surface area contributed by atoms with Crippen molar-refractivity contribution in [3.63, 3.8) is 0 Å². The van der Waals surface area contributed by atoms with Gasteiger partial charge in [0.2, 0.25) is 10.0 Å². The Morgan fingerprint density at radius 1 is 0.871 bits per heavy atom. The van der Waals surface area contributed by atoms with Crippen molar-refractivity contribution in [1.29, 1.82) is 0 Å². The van der Waals surface area contributed by atoms with Crippen molar-refractivity contribution in [2.45, 2.75) is 31.8 Å². The van der Waals surface area contributed by atoms with E-state index in [1.807, 2.05) is 38.1 Å². The molecule has 1 saturated heterocycles. The second kappa shape index (κ2) is 8.39. The van der Waals surface area contributed by atoms with E-state index in [1.165, 1.54) is 4.31 Å². The first-order valence-corrected chi connectivity index (χ1v) is 12.0. The summed E-state index contributed by atoms with van der Waals surface area (Å²) in [5.41, 5.74) is 2.36. The number of methoxy groups -OCH3 is 1. The molecule has 1 aromatic heterocycles. The van der Waals surface area contributed by atoms with Gasteiger partial charge in [0.1, 0.15) is 5.75 Å². The summed E-state index contributed by atoms with van der Waals surface area (Å²) in [7, 11) is -2.01. The van der Waals surface area contributed by atoms with Gasteiger partial charge in [-0.3, -0.25) is 9.13 Å². The fourth-order valence-electron chi connectivity index (χ4n) is 4.20. The maximum atomic E-state index is 13.3. The Kier molecular flexibility index (Phi) is 5.81. The lowest BCUT2D eigenvalue weighted by Gasteiger charge is -2.35. The number of sulfonamides is 1. The quantitative estimate of drug-likeness (QED) is 0.583. The summed E-state index contributed by atoms with van der Waals surface area (Å²) in [6.07, 6.45) is 0. The molecule has 0 unspecified atom stereocenters. The zero-order chi connectivity index (χ0) is 22.2. The van der Waals surface area contributed by atoms with E-state index in [0.717, 1.165) is 17.0 Å². The van der Waals surface area contributed by atoms with Crippen LogP contribution in [0, 0.1) is 0 Å². The van der Waals surface area contributed by atoms with Gasteiger partial charge in [0.25, 0.3) is 0 Å². The van der Waals surface area contributed by atoms with Gasteiger partial charge in [-0.1, -0.05) is 0 Å². The second-order valence-electron chi connectivity index (χ2n) is 7.51. The molecule has 0 N–H and O–H groups in total. The Balaban J connectivity index is 1.57. The lowest BCUT2D eigenvalue weighted by Crippen LogP contribution is -2.48. The molecule has 166 valence electrons.